The van der Waals surface area contributed by atoms with Crippen molar-refractivity contribution in [2.24, 2.45) is 4.99 Å². The Morgan fingerprint density at radius 3 is 2.59 bits per heavy atom. The molecule has 17 heavy (non-hydrogen) atoms. The van der Waals surface area contributed by atoms with Crippen LogP contribution in [0.15, 0.2) is 4.99 Å². The van der Waals surface area contributed by atoms with Gasteiger partial charge in [-0.25, -0.2) is 4.99 Å². The number of hydrogen-bond acceptors (Lipinski definition) is 4. The van der Waals surface area contributed by atoms with Gasteiger partial charge in [0.05, 0.1) is 0 Å². The number of hydrogen-bond donors (Lipinski definition) is 3. The number of amides is 1. The van der Waals surface area contributed by atoms with Gasteiger partial charge >= 0.3 is 11.3 Å². The number of hydroxylamine groups is 1. The van der Waals surface area contributed by atoms with Gasteiger partial charge in [0, 0.05) is 13.1 Å². The second-order valence-corrected chi connectivity index (χ2v) is 3.80. The van der Waals surface area contributed by atoms with Gasteiger partial charge in [-0.05, 0) is 12.8 Å². The number of nitrogens with zero attached hydrogens (tertiary/aromatic N) is 1. The molecule has 1 amide bonds. The van der Waals surface area contributed by atoms with Crippen molar-refractivity contribution in [2.45, 2.75) is 39.5 Å². The molecule has 6 nitrogen and oxygen atoms in total. The third kappa shape index (κ3) is 11.3. The minimum absolute atomic E-state index is 0.272. The molecule has 0 aromatic carbocycles. The highest BCUT2D eigenvalue weighted by molar-refractivity contribution is 7.96. The van der Waals surface area contributed by atoms with Crippen LogP contribution in [0, 0.1) is 0 Å². The second-order valence-electron chi connectivity index (χ2n) is 3.39. The largest absolute Gasteiger partial charge is 0.337 e. The Morgan fingerprint density at radius 1 is 1.29 bits per heavy atom. The molecule has 0 aromatic rings. The van der Waals surface area contributed by atoms with Crippen LogP contribution in [-0.2, 0) is 9.88 Å². The number of carbonyl (C=O) groups is 1. The van der Waals surface area contributed by atoms with E-state index < -0.39 is 5.24 Å². The molecule has 0 aromatic heterocycles. The average Bonchev–Trinajstić information content (AvgIpc) is 2.28. The van der Waals surface area contributed by atoms with Crippen LogP contribution in [0.25, 0.3) is 0 Å². The first-order valence-corrected chi connectivity index (χ1v) is 6.26. The van der Waals surface area contributed by atoms with Crippen LogP contribution in [0.1, 0.15) is 39.5 Å². The predicted molar refractivity (Wildman–Crippen MR) is 69.8 cm³/mol. The normalized spacial score (nSPS) is 11.1. The van der Waals surface area contributed by atoms with Gasteiger partial charge in [-0.3, -0.25) is 9.68 Å². The Balaban J connectivity index is 3.91. The fourth-order valence-corrected chi connectivity index (χ4v) is 0.956. The molecule has 7 heteroatoms. The zero-order valence-corrected chi connectivity index (χ0v) is 11.3. The molecular formula is C10H21N3O3S. The Hall–Kier alpha value is -0.950. The van der Waals surface area contributed by atoms with Crippen LogP contribution in [0.5, 0.6) is 0 Å². The van der Waals surface area contributed by atoms with Gasteiger partial charge in [0.2, 0.25) is 0 Å². The summed E-state index contributed by atoms with van der Waals surface area (Å²) >= 11 is 3.46. The van der Waals surface area contributed by atoms with Gasteiger partial charge in [0.1, 0.15) is 0 Å². The number of rotatable bonds is 8. The third-order valence-electron chi connectivity index (χ3n) is 1.82. The predicted octanol–water partition coefficient (Wildman–Crippen LogP) is 2.03. The van der Waals surface area contributed by atoms with E-state index in [0.717, 1.165) is 32.2 Å². The van der Waals surface area contributed by atoms with Crippen LogP contribution in [0.2, 0.25) is 0 Å². The third-order valence-corrected chi connectivity index (χ3v) is 1.91. The smallest absolute Gasteiger partial charge is 0.325 e. The van der Waals surface area contributed by atoms with Crippen molar-refractivity contribution in [3.05, 3.63) is 0 Å². The quantitative estimate of drug-likeness (QED) is 0.156. The van der Waals surface area contributed by atoms with E-state index >= 15 is 0 Å². The fraction of sp³-hybridized carbons (Fsp3) is 0.800. The van der Waals surface area contributed by atoms with Gasteiger partial charge in [0.25, 0.3) is 0 Å². The Labute approximate surface area is 107 Å². The van der Waals surface area contributed by atoms with Crippen LogP contribution in [-0.4, -0.2) is 24.4 Å². The topological polar surface area (TPSA) is 72.0 Å². The molecule has 0 spiro atoms. The zero-order chi connectivity index (χ0) is 12.9. The summed E-state index contributed by atoms with van der Waals surface area (Å²) in [5.41, 5.74) is 1.94. The standard InChI is InChI=1S/C10H21N3O3S/c1-3-5-7-11-9(12-8-6-4-2)15-16-13-10(14)17/h3-8H2,1-2H3,(H,11,12)(H2,13,14,17). The summed E-state index contributed by atoms with van der Waals surface area (Å²) in [6.45, 7) is 5.58. The number of carbonyl (C=O) groups excluding carboxylic acids is 1. The highest BCUT2D eigenvalue weighted by atomic mass is 32.1. The number of nitrogens with one attached hydrogen (secondary N) is 2. The molecule has 0 aliphatic carbocycles. The molecular weight excluding hydrogens is 242 g/mol. The summed E-state index contributed by atoms with van der Waals surface area (Å²) in [6.07, 6.45) is 4.11. The molecule has 0 fully saturated rings. The SMILES string of the molecule is CCCCN=C(NCCCC)OONC(=O)S. The summed E-state index contributed by atoms with van der Waals surface area (Å²) in [7, 11) is 0. The number of aliphatic imine (C=N–C) groups is 1. The minimum atomic E-state index is -0.633. The molecule has 100 valence electrons. The molecule has 2 N–H and O–H groups in total. The van der Waals surface area contributed by atoms with Gasteiger partial charge in [-0.15, -0.1) is 0 Å². The lowest BCUT2D eigenvalue weighted by atomic mass is 10.3. The zero-order valence-electron chi connectivity index (χ0n) is 10.4. The number of amidine groups is 1. The Bertz CT molecular complexity index is 237. The highest BCUT2D eigenvalue weighted by Gasteiger charge is 2.01. The second kappa shape index (κ2) is 11.5. The summed E-state index contributed by atoms with van der Waals surface area (Å²) in [5, 5.41) is 2.35. The van der Waals surface area contributed by atoms with Crippen LogP contribution in [0.4, 0.5) is 4.79 Å². The first-order valence-electron chi connectivity index (χ1n) is 5.81. The molecule has 0 heterocycles. The van der Waals surface area contributed by atoms with Crippen LogP contribution >= 0.6 is 12.6 Å². The van der Waals surface area contributed by atoms with Crippen molar-refractivity contribution >= 4 is 23.9 Å². The van der Waals surface area contributed by atoms with E-state index in [1.165, 1.54) is 0 Å². The van der Waals surface area contributed by atoms with Crippen molar-refractivity contribution in [1.29, 1.82) is 0 Å². The molecule has 0 unspecified atom stereocenters. The van der Waals surface area contributed by atoms with E-state index in [0.29, 0.717) is 6.54 Å². The maximum absolute atomic E-state index is 10.4. The summed E-state index contributed by atoms with van der Waals surface area (Å²) in [4.78, 5) is 23.9. The molecule has 0 atom stereocenters. The van der Waals surface area contributed by atoms with Gasteiger partial charge in [-0.2, -0.15) is 5.48 Å². The van der Waals surface area contributed by atoms with Crippen molar-refractivity contribution in [1.82, 2.24) is 10.8 Å². The van der Waals surface area contributed by atoms with E-state index in [-0.39, 0.29) is 6.02 Å². The van der Waals surface area contributed by atoms with Crippen molar-refractivity contribution < 1.29 is 14.7 Å². The van der Waals surface area contributed by atoms with Crippen molar-refractivity contribution in [3.8, 4) is 0 Å². The van der Waals surface area contributed by atoms with E-state index in [2.05, 4.69) is 41.8 Å². The van der Waals surface area contributed by atoms with Gasteiger partial charge in [-0.1, -0.05) is 44.3 Å². The lowest BCUT2D eigenvalue weighted by molar-refractivity contribution is -0.258. The molecule has 0 bridgehead atoms. The first kappa shape index (κ1) is 16.1. The summed E-state index contributed by atoms with van der Waals surface area (Å²) in [5.74, 6) is 0. The lowest BCUT2D eigenvalue weighted by Crippen LogP contribution is -2.30. The molecule has 0 aliphatic rings. The highest BCUT2D eigenvalue weighted by Crippen LogP contribution is 1.90. The average molecular weight is 263 g/mol. The van der Waals surface area contributed by atoms with Crippen LogP contribution < -0.4 is 10.8 Å². The van der Waals surface area contributed by atoms with Gasteiger partial charge in [0.15, 0.2) is 0 Å². The Morgan fingerprint density at radius 2 is 2.00 bits per heavy atom. The fourth-order valence-electron chi connectivity index (χ4n) is 0.918. The van der Waals surface area contributed by atoms with Crippen molar-refractivity contribution in [2.75, 3.05) is 13.1 Å². The number of thiol groups is 1. The summed E-state index contributed by atoms with van der Waals surface area (Å²) < 4.78 is 0. The molecule has 0 radical (unpaired) electrons. The maximum atomic E-state index is 10.4. The molecule has 0 rings (SSSR count). The minimum Gasteiger partial charge on any atom is -0.337 e. The van der Waals surface area contributed by atoms with E-state index in [4.69, 9.17) is 4.89 Å². The molecule has 0 aliphatic heterocycles. The maximum Gasteiger partial charge on any atom is 0.325 e. The monoisotopic (exact) mass is 263 g/mol. The van der Waals surface area contributed by atoms with Crippen molar-refractivity contribution in [3.63, 3.8) is 0 Å². The first-order chi connectivity index (χ1) is 8.20. The molecule has 0 saturated carbocycles. The number of unbranched alkanes of at least 4 members (excludes halogenated alkanes) is 2. The molecule has 0 saturated heterocycles. The van der Waals surface area contributed by atoms with E-state index in [1.54, 1.807) is 0 Å². The Kier molecular flexibility index (Phi) is 10.9. The lowest BCUT2D eigenvalue weighted by Gasteiger charge is -2.08. The van der Waals surface area contributed by atoms with Gasteiger partial charge < -0.3 is 5.32 Å². The van der Waals surface area contributed by atoms with E-state index in [9.17, 15) is 4.79 Å². The van der Waals surface area contributed by atoms with Crippen LogP contribution in [0.3, 0.4) is 0 Å². The van der Waals surface area contributed by atoms with E-state index in [1.807, 2.05) is 5.48 Å². The summed E-state index contributed by atoms with van der Waals surface area (Å²) in [6, 6.07) is 0.272.